The number of rotatable bonds is 6. The molecule has 0 unspecified atom stereocenters. The van der Waals surface area contributed by atoms with Crippen molar-refractivity contribution < 1.29 is 14.3 Å². The summed E-state index contributed by atoms with van der Waals surface area (Å²) in [4.78, 5) is 24.3. The van der Waals surface area contributed by atoms with Crippen molar-refractivity contribution in [2.75, 3.05) is 19.7 Å². The van der Waals surface area contributed by atoms with E-state index >= 15 is 0 Å². The lowest BCUT2D eigenvalue weighted by molar-refractivity contribution is -0.120. The zero-order chi connectivity index (χ0) is 16.1. The number of thiophene rings is 1. The Hall–Kier alpha value is -0.920. The predicted molar refractivity (Wildman–Crippen MR) is 90.0 cm³/mol. The van der Waals surface area contributed by atoms with Crippen molar-refractivity contribution in [2.45, 2.75) is 26.4 Å². The van der Waals surface area contributed by atoms with Gasteiger partial charge in [-0.2, -0.15) is 0 Å². The first kappa shape index (κ1) is 17.4. The van der Waals surface area contributed by atoms with Crippen LogP contribution in [0.4, 0.5) is 0 Å². The summed E-state index contributed by atoms with van der Waals surface area (Å²) in [6.07, 6.45) is 1.18. The molecule has 22 heavy (non-hydrogen) atoms. The van der Waals surface area contributed by atoms with Gasteiger partial charge in [0.05, 0.1) is 21.3 Å². The van der Waals surface area contributed by atoms with Gasteiger partial charge in [-0.1, -0.05) is 13.8 Å². The Balaban J connectivity index is 1.71. The quantitative estimate of drug-likeness (QED) is 0.785. The first-order valence-electron chi connectivity index (χ1n) is 7.39. The molecular formula is C15H21BrN2O3S. The molecule has 1 fully saturated rings. The van der Waals surface area contributed by atoms with Gasteiger partial charge in [0.25, 0.3) is 5.91 Å². The Labute approximate surface area is 142 Å². The zero-order valence-electron chi connectivity index (χ0n) is 12.7. The van der Waals surface area contributed by atoms with E-state index in [9.17, 15) is 9.59 Å². The lowest BCUT2D eigenvalue weighted by Gasteiger charge is -2.22. The number of carbonyl (C=O) groups is 2. The minimum absolute atomic E-state index is 0.00568. The van der Waals surface area contributed by atoms with E-state index in [0.29, 0.717) is 23.3 Å². The number of hydrogen-bond acceptors (Lipinski definition) is 4. The molecule has 2 heterocycles. The summed E-state index contributed by atoms with van der Waals surface area (Å²) < 4.78 is 6.59. The van der Waals surface area contributed by atoms with Crippen molar-refractivity contribution in [3.8, 4) is 0 Å². The van der Waals surface area contributed by atoms with Crippen molar-refractivity contribution in [3.63, 3.8) is 0 Å². The average molecular weight is 389 g/mol. The monoisotopic (exact) mass is 388 g/mol. The highest BCUT2D eigenvalue weighted by molar-refractivity contribution is 9.11. The highest BCUT2D eigenvalue weighted by Gasteiger charge is 2.30. The van der Waals surface area contributed by atoms with Gasteiger partial charge in [-0.3, -0.25) is 9.59 Å². The molecule has 0 aromatic carbocycles. The average Bonchev–Trinajstić information content (AvgIpc) is 3.11. The van der Waals surface area contributed by atoms with E-state index in [2.05, 4.69) is 40.4 Å². The molecular weight excluding hydrogens is 368 g/mol. The van der Waals surface area contributed by atoms with E-state index in [1.165, 1.54) is 11.3 Å². The van der Waals surface area contributed by atoms with E-state index in [4.69, 9.17) is 4.74 Å². The lowest BCUT2D eigenvalue weighted by Crippen LogP contribution is -2.40. The summed E-state index contributed by atoms with van der Waals surface area (Å²) in [6.45, 7) is 5.61. The van der Waals surface area contributed by atoms with Gasteiger partial charge in [0.15, 0.2) is 0 Å². The van der Waals surface area contributed by atoms with Crippen molar-refractivity contribution in [2.24, 2.45) is 11.8 Å². The number of amides is 2. The number of carbonyl (C=O) groups excluding carboxylic acids is 2. The lowest BCUT2D eigenvalue weighted by atomic mass is 9.93. The normalized spacial score (nSPS) is 21.1. The van der Waals surface area contributed by atoms with Crippen LogP contribution in [0.3, 0.4) is 0 Å². The maximum Gasteiger partial charge on any atom is 0.261 e. The summed E-state index contributed by atoms with van der Waals surface area (Å²) in [5.74, 6) is 0.405. The van der Waals surface area contributed by atoms with Crippen LogP contribution in [0.15, 0.2) is 15.9 Å². The van der Waals surface area contributed by atoms with Crippen LogP contribution in [0, 0.1) is 11.8 Å². The molecule has 1 saturated heterocycles. The molecule has 5 nitrogen and oxygen atoms in total. The molecule has 1 aromatic rings. The van der Waals surface area contributed by atoms with Crippen LogP contribution in [0.2, 0.25) is 0 Å². The topological polar surface area (TPSA) is 67.4 Å². The second-order valence-electron chi connectivity index (χ2n) is 5.72. The van der Waals surface area contributed by atoms with Gasteiger partial charge in [-0.15, -0.1) is 11.3 Å². The molecule has 1 aromatic heterocycles. The Morgan fingerprint density at radius 2 is 2.18 bits per heavy atom. The first-order valence-corrected chi connectivity index (χ1v) is 9.00. The minimum atomic E-state index is -0.227. The standard InChI is InChI=1S/C15H21BrN2O3S/c1-9(2)14-10(5-6-21-14)7-17-13(19)8-18-15(20)11-3-4-12(16)22-11/h3-4,9-10,14H,5-8H2,1-2H3,(H,17,19)(H,18,20)/t10-,14-/m0/s1. The van der Waals surface area contributed by atoms with Crippen LogP contribution >= 0.6 is 27.3 Å². The van der Waals surface area contributed by atoms with Crippen molar-refractivity contribution in [1.29, 1.82) is 0 Å². The number of nitrogens with one attached hydrogen (secondary N) is 2. The van der Waals surface area contributed by atoms with E-state index in [0.717, 1.165) is 16.8 Å². The van der Waals surface area contributed by atoms with E-state index in [1.54, 1.807) is 6.07 Å². The predicted octanol–water partition coefficient (Wildman–Crippen LogP) is 2.42. The van der Waals surface area contributed by atoms with Crippen molar-refractivity contribution >= 4 is 39.1 Å². The second kappa shape index (κ2) is 8.08. The molecule has 0 saturated carbocycles. The smallest absolute Gasteiger partial charge is 0.261 e. The third kappa shape index (κ3) is 4.79. The fraction of sp³-hybridized carbons (Fsp3) is 0.600. The van der Waals surface area contributed by atoms with Gasteiger partial charge in [0.2, 0.25) is 5.91 Å². The van der Waals surface area contributed by atoms with Crippen molar-refractivity contribution in [1.82, 2.24) is 10.6 Å². The molecule has 2 rings (SSSR count). The molecule has 0 aliphatic carbocycles. The highest BCUT2D eigenvalue weighted by atomic mass is 79.9. The maximum absolute atomic E-state index is 11.8. The Kier molecular flexibility index (Phi) is 6.40. The number of halogens is 1. The summed E-state index contributed by atoms with van der Waals surface area (Å²) in [7, 11) is 0. The van der Waals surface area contributed by atoms with Gasteiger partial charge >= 0.3 is 0 Å². The SMILES string of the molecule is CC(C)[C@@H]1OCC[C@H]1CNC(=O)CNC(=O)c1ccc(Br)s1. The fourth-order valence-electron chi connectivity index (χ4n) is 2.60. The second-order valence-corrected chi connectivity index (χ2v) is 8.18. The van der Waals surface area contributed by atoms with Gasteiger partial charge < -0.3 is 15.4 Å². The highest BCUT2D eigenvalue weighted by Crippen LogP contribution is 2.26. The van der Waals surface area contributed by atoms with Crippen LogP contribution in [-0.2, 0) is 9.53 Å². The van der Waals surface area contributed by atoms with Gasteiger partial charge in [0.1, 0.15) is 0 Å². The molecule has 0 bridgehead atoms. The summed E-state index contributed by atoms with van der Waals surface area (Å²) in [5, 5.41) is 5.51. The van der Waals surface area contributed by atoms with E-state index < -0.39 is 0 Å². The van der Waals surface area contributed by atoms with E-state index in [1.807, 2.05) is 6.07 Å². The van der Waals surface area contributed by atoms with Gasteiger partial charge in [-0.05, 0) is 40.4 Å². The summed E-state index contributed by atoms with van der Waals surface area (Å²) >= 11 is 4.65. The molecule has 2 amide bonds. The summed E-state index contributed by atoms with van der Waals surface area (Å²) in [5.41, 5.74) is 0. The fourth-order valence-corrected chi connectivity index (χ4v) is 3.90. The minimum Gasteiger partial charge on any atom is -0.378 e. The third-order valence-corrected chi connectivity index (χ3v) is 5.31. The van der Waals surface area contributed by atoms with Crippen LogP contribution < -0.4 is 10.6 Å². The molecule has 0 spiro atoms. The molecule has 0 radical (unpaired) electrons. The van der Waals surface area contributed by atoms with Gasteiger partial charge in [0, 0.05) is 19.1 Å². The molecule has 7 heteroatoms. The molecule has 122 valence electrons. The number of hydrogen-bond donors (Lipinski definition) is 2. The summed E-state index contributed by atoms with van der Waals surface area (Å²) in [6, 6.07) is 3.54. The maximum atomic E-state index is 11.8. The molecule has 2 atom stereocenters. The Bertz CT molecular complexity index is 533. The molecule has 1 aliphatic rings. The first-order chi connectivity index (χ1) is 10.5. The van der Waals surface area contributed by atoms with Crippen LogP contribution in [0.5, 0.6) is 0 Å². The Morgan fingerprint density at radius 3 is 2.82 bits per heavy atom. The van der Waals surface area contributed by atoms with E-state index in [-0.39, 0.29) is 24.5 Å². The van der Waals surface area contributed by atoms with Crippen LogP contribution in [0.25, 0.3) is 0 Å². The van der Waals surface area contributed by atoms with Crippen LogP contribution in [-0.4, -0.2) is 37.6 Å². The molecule has 2 N–H and O–H groups in total. The number of ether oxygens (including phenoxy) is 1. The third-order valence-electron chi connectivity index (χ3n) is 3.69. The largest absolute Gasteiger partial charge is 0.378 e. The van der Waals surface area contributed by atoms with Gasteiger partial charge in [-0.25, -0.2) is 0 Å². The zero-order valence-corrected chi connectivity index (χ0v) is 15.1. The molecule has 1 aliphatic heterocycles. The van der Waals surface area contributed by atoms with Crippen molar-refractivity contribution in [3.05, 3.63) is 20.8 Å². The Morgan fingerprint density at radius 1 is 1.41 bits per heavy atom. The van der Waals surface area contributed by atoms with Crippen LogP contribution in [0.1, 0.15) is 29.9 Å².